The summed E-state index contributed by atoms with van der Waals surface area (Å²) < 4.78 is 0. The van der Waals surface area contributed by atoms with E-state index in [1.54, 1.807) is 0 Å². The zero-order valence-corrected chi connectivity index (χ0v) is 8.49. The predicted octanol–water partition coefficient (Wildman–Crippen LogP) is 0.594. The molecule has 0 aromatic carbocycles. The first kappa shape index (κ1) is 10.2. The molecule has 5 heteroatoms. The molecule has 0 bridgehead atoms. The maximum atomic E-state index is 11.2. The molecule has 15 heavy (non-hydrogen) atoms. The van der Waals surface area contributed by atoms with Crippen LogP contribution >= 0.6 is 0 Å². The summed E-state index contributed by atoms with van der Waals surface area (Å²) in [6.45, 7) is 0. The first-order chi connectivity index (χ1) is 7.10. The lowest BCUT2D eigenvalue weighted by molar-refractivity contribution is 0.282. The van der Waals surface area contributed by atoms with Gasteiger partial charge in [0.25, 0.3) is 5.56 Å². The van der Waals surface area contributed by atoms with Crippen LogP contribution in [-0.2, 0) is 5.54 Å². The second-order valence-electron chi connectivity index (χ2n) is 4.17. The van der Waals surface area contributed by atoms with Gasteiger partial charge in [0.05, 0.1) is 11.6 Å². The Bertz CT molecular complexity index is 407. The number of aromatic amines is 1. The van der Waals surface area contributed by atoms with Gasteiger partial charge in [0.2, 0.25) is 5.88 Å². The molecule has 4 N–H and O–H groups in total. The van der Waals surface area contributed by atoms with Crippen LogP contribution in [0.15, 0.2) is 10.9 Å². The first-order valence-corrected chi connectivity index (χ1v) is 5.20. The largest absolute Gasteiger partial charge is 0.493 e. The van der Waals surface area contributed by atoms with Gasteiger partial charge in [-0.15, -0.1) is 0 Å². The Morgan fingerprint density at radius 2 is 2.07 bits per heavy atom. The number of nitrogens with one attached hydrogen (secondary N) is 1. The summed E-state index contributed by atoms with van der Waals surface area (Å²) >= 11 is 0. The van der Waals surface area contributed by atoms with Gasteiger partial charge in [0.15, 0.2) is 0 Å². The number of nitrogens with zero attached hydrogens (tertiary/aromatic N) is 1. The molecule has 2 rings (SSSR count). The molecule has 1 aromatic heterocycles. The number of nitrogens with two attached hydrogens (primary N) is 1. The summed E-state index contributed by atoms with van der Waals surface area (Å²) in [6, 6.07) is 1.05. The predicted molar refractivity (Wildman–Crippen MR) is 55.5 cm³/mol. The van der Waals surface area contributed by atoms with E-state index in [2.05, 4.69) is 9.97 Å². The summed E-state index contributed by atoms with van der Waals surface area (Å²) in [6.07, 6.45) is 4.85. The normalized spacial score (nSPS) is 20.1. The number of hydrogen-bond acceptors (Lipinski definition) is 4. The van der Waals surface area contributed by atoms with Crippen molar-refractivity contribution in [3.63, 3.8) is 0 Å². The maximum absolute atomic E-state index is 11.2. The summed E-state index contributed by atoms with van der Waals surface area (Å²) in [5.41, 5.74) is 5.25. The van der Waals surface area contributed by atoms with Gasteiger partial charge in [-0.05, 0) is 12.8 Å². The Balaban J connectivity index is 2.38. The quantitative estimate of drug-likeness (QED) is 0.631. The van der Waals surface area contributed by atoms with E-state index in [-0.39, 0.29) is 11.4 Å². The topological polar surface area (TPSA) is 92.0 Å². The van der Waals surface area contributed by atoms with E-state index in [0.717, 1.165) is 31.7 Å². The van der Waals surface area contributed by atoms with Crippen molar-refractivity contribution in [3.05, 3.63) is 22.2 Å². The summed E-state index contributed by atoms with van der Waals surface area (Å²) in [5, 5.41) is 9.25. The van der Waals surface area contributed by atoms with E-state index >= 15 is 0 Å². The summed E-state index contributed by atoms with van der Waals surface area (Å²) in [4.78, 5) is 17.7. The van der Waals surface area contributed by atoms with Crippen LogP contribution in [0.1, 0.15) is 37.9 Å². The summed E-state index contributed by atoms with van der Waals surface area (Å²) in [7, 11) is 0. The lowest BCUT2D eigenvalue weighted by Crippen LogP contribution is -2.41. The lowest BCUT2D eigenvalue weighted by atomic mass is 9.82. The molecule has 0 aliphatic heterocycles. The van der Waals surface area contributed by atoms with Gasteiger partial charge in [0, 0.05) is 0 Å². The number of hydrogen-bond donors (Lipinski definition) is 3. The fourth-order valence-corrected chi connectivity index (χ4v) is 2.10. The molecular weight excluding hydrogens is 194 g/mol. The molecule has 1 saturated carbocycles. The number of aromatic hydroxyl groups is 1. The lowest BCUT2D eigenvalue weighted by Gasteiger charge is -2.31. The SMILES string of the molecule is NC1(c2nc(O)cc(=O)[nH]2)CCCCC1. The van der Waals surface area contributed by atoms with Crippen LogP contribution in [0.25, 0.3) is 0 Å². The van der Waals surface area contributed by atoms with Crippen LogP contribution in [0.3, 0.4) is 0 Å². The highest BCUT2D eigenvalue weighted by Crippen LogP contribution is 2.32. The average molecular weight is 209 g/mol. The van der Waals surface area contributed by atoms with E-state index in [1.807, 2.05) is 0 Å². The zero-order valence-electron chi connectivity index (χ0n) is 8.49. The molecule has 0 atom stereocenters. The van der Waals surface area contributed by atoms with Crippen molar-refractivity contribution in [2.45, 2.75) is 37.6 Å². The highest BCUT2D eigenvalue weighted by Gasteiger charge is 2.32. The Kier molecular flexibility index (Phi) is 2.48. The molecule has 5 nitrogen and oxygen atoms in total. The Hall–Kier alpha value is -1.36. The summed E-state index contributed by atoms with van der Waals surface area (Å²) in [5.74, 6) is 0.149. The van der Waals surface area contributed by atoms with Crippen molar-refractivity contribution in [2.75, 3.05) is 0 Å². The van der Waals surface area contributed by atoms with Gasteiger partial charge in [0.1, 0.15) is 5.82 Å². The molecule has 0 unspecified atom stereocenters. The fraction of sp³-hybridized carbons (Fsp3) is 0.600. The van der Waals surface area contributed by atoms with Gasteiger partial charge >= 0.3 is 0 Å². The average Bonchev–Trinajstić information content (AvgIpc) is 2.17. The third kappa shape index (κ3) is 2.02. The van der Waals surface area contributed by atoms with Crippen LogP contribution in [0.4, 0.5) is 0 Å². The Morgan fingerprint density at radius 1 is 1.40 bits per heavy atom. The number of rotatable bonds is 1. The Labute approximate surface area is 87.4 Å². The highest BCUT2D eigenvalue weighted by molar-refractivity contribution is 5.13. The number of aromatic nitrogens is 2. The van der Waals surface area contributed by atoms with Gasteiger partial charge < -0.3 is 15.8 Å². The van der Waals surface area contributed by atoms with E-state index in [0.29, 0.717) is 5.82 Å². The van der Waals surface area contributed by atoms with E-state index < -0.39 is 5.54 Å². The van der Waals surface area contributed by atoms with Crippen LogP contribution in [0.2, 0.25) is 0 Å². The van der Waals surface area contributed by atoms with Crippen molar-refractivity contribution < 1.29 is 5.11 Å². The smallest absolute Gasteiger partial charge is 0.254 e. The number of H-pyrrole nitrogens is 1. The highest BCUT2D eigenvalue weighted by atomic mass is 16.3. The second-order valence-corrected chi connectivity index (χ2v) is 4.17. The monoisotopic (exact) mass is 209 g/mol. The van der Waals surface area contributed by atoms with Crippen LogP contribution in [0.5, 0.6) is 5.88 Å². The molecule has 0 radical (unpaired) electrons. The zero-order chi connectivity index (χ0) is 10.9. The third-order valence-corrected chi connectivity index (χ3v) is 2.95. The van der Waals surface area contributed by atoms with E-state index in [1.165, 1.54) is 6.42 Å². The van der Waals surface area contributed by atoms with E-state index in [4.69, 9.17) is 5.73 Å². The standard InChI is InChI=1S/C10H15N3O2/c11-10(4-2-1-3-5-10)9-12-7(14)6-8(15)13-9/h6H,1-5,11H2,(H2,12,13,14,15). The van der Waals surface area contributed by atoms with Crippen molar-refractivity contribution >= 4 is 0 Å². The second kappa shape index (κ2) is 3.66. The molecule has 82 valence electrons. The maximum Gasteiger partial charge on any atom is 0.254 e. The van der Waals surface area contributed by atoms with Crippen molar-refractivity contribution in [3.8, 4) is 5.88 Å². The van der Waals surface area contributed by atoms with Crippen LogP contribution in [-0.4, -0.2) is 15.1 Å². The fourth-order valence-electron chi connectivity index (χ4n) is 2.10. The van der Waals surface area contributed by atoms with Crippen LogP contribution in [0, 0.1) is 0 Å². The molecule has 0 spiro atoms. The Morgan fingerprint density at radius 3 is 2.67 bits per heavy atom. The minimum absolute atomic E-state index is 0.260. The van der Waals surface area contributed by atoms with Gasteiger partial charge in [-0.1, -0.05) is 19.3 Å². The van der Waals surface area contributed by atoms with Gasteiger partial charge in [-0.2, -0.15) is 4.98 Å². The molecule has 1 aromatic rings. The molecule has 1 heterocycles. The molecule has 0 amide bonds. The minimum Gasteiger partial charge on any atom is -0.493 e. The molecule has 0 saturated heterocycles. The third-order valence-electron chi connectivity index (χ3n) is 2.95. The molecule has 1 aliphatic rings. The molecule has 1 fully saturated rings. The van der Waals surface area contributed by atoms with Crippen molar-refractivity contribution in [1.29, 1.82) is 0 Å². The van der Waals surface area contributed by atoms with Crippen LogP contribution < -0.4 is 11.3 Å². The van der Waals surface area contributed by atoms with Crippen molar-refractivity contribution in [2.24, 2.45) is 5.73 Å². The molecule has 1 aliphatic carbocycles. The minimum atomic E-state index is -0.573. The van der Waals surface area contributed by atoms with Crippen molar-refractivity contribution in [1.82, 2.24) is 9.97 Å². The first-order valence-electron chi connectivity index (χ1n) is 5.20. The van der Waals surface area contributed by atoms with Gasteiger partial charge in [-0.3, -0.25) is 4.79 Å². The molecular formula is C10H15N3O2. The van der Waals surface area contributed by atoms with E-state index in [9.17, 15) is 9.90 Å². The van der Waals surface area contributed by atoms with Gasteiger partial charge in [-0.25, -0.2) is 0 Å².